The minimum absolute atomic E-state index is 0. The van der Waals surface area contributed by atoms with E-state index >= 15 is 0 Å². The first-order chi connectivity index (χ1) is 5.73. The van der Waals surface area contributed by atoms with Gasteiger partial charge >= 0.3 is 18.9 Å². The third-order valence-corrected chi connectivity index (χ3v) is 8.21. The van der Waals surface area contributed by atoms with Crippen molar-refractivity contribution in [3.05, 3.63) is 0 Å². The van der Waals surface area contributed by atoms with Gasteiger partial charge in [0.15, 0.2) is 0 Å². The molecule has 0 aromatic carbocycles. The molecule has 0 saturated heterocycles. The maximum atomic E-state index is 2.44. The number of hydrogen-bond donors (Lipinski definition) is 0. The minimum atomic E-state index is -0.538. The molecule has 0 spiro atoms. The number of rotatable bonds is 4. The topological polar surface area (TPSA) is 0 Å². The second-order valence-electron chi connectivity index (χ2n) is 6.32. The van der Waals surface area contributed by atoms with Gasteiger partial charge in [0.05, 0.1) is 0 Å². The smallest absolute Gasteiger partial charge is 0.219 e. The molecule has 0 fully saturated rings. The van der Waals surface area contributed by atoms with E-state index in [9.17, 15) is 0 Å². The maximum absolute atomic E-state index is 2.44. The molecular weight excluding hydrogens is 178 g/mol. The quantitative estimate of drug-likeness (QED) is 0.611. The van der Waals surface area contributed by atoms with Crippen molar-refractivity contribution in [2.24, 2.45) is 11.8 Å². The van der Waals surface area contributed by atoms with Crippen LogP contribution in [-0.2, 0) is 0 Å². The first-order valence-electron chi connectivity index (χ1n) is 5.73. The Kier molecular flexibility index (Phi) is 9.28. The molecule has 0 amide bonds. The van der Waals surface area contributed by atoms with Gasteiger partial charge in [-0.3, -0.25) is 0 Å². The molecule has 0 nitrogen and oxygen atoms in total. The van der Waals surface area contributed by atoms with Gasteiger partial charge in [0.2, 0.25) is 0 Å². The van der Waals surface area contributed by atoms with Crippen molar-refractivity contribution in [3.63, 3.8) is 0 Å². The molecule has 0 N–H and O–H groups in total. The Hall–Kier alpha value is 1.13. The molecule has 2 heteroatoms. The summed E-state index contributed by atoms with van der Waals surface area (Å²) in [6.07, 6.45) is 0. The summed E-state index contributed by atoms with van der Waals surface area (Å²) in [6.45, 7) is 16.8. The molecule has 0 aromatic rings. The monoisotopic (exact) mass is 205 g/mol. The third-order valence-electron chi connectivity index (χ3n) is 2.74. The van der Waals surface area contributed by atoms with E-state index in [1.165, 1.54) is 10.6 Å². The second-order valence-corrected chi connectivity index (χ2v) is 10.4. The van der Waals surface area contributed by atoms with Gasteiger partial charge in [-0.15, -0.1) is 0 Å². The molecule has 0 aliphatic carbocycles. The molecule has 14 heavy (non-hydrogen) atoms. The summed E-state index contributed by atoms with van der Waals surface area (Å²) in [4.78, 5) is 0. The third kappa shape index (κ3) is 8.44. The van der Waals surface area contributed by atoms with Gasteiger partial charge in [-0.2, -0.15) is 0 Å². The molecule has 0 aliphatic rings. The van der Waals surface area contributed by atoms with Crippen LogP contribution in [0.1, 0.15) is 48.5 Å². The fourth-order valence-corrected chi connectivity index (χ4v) is 5.82. The average Bonchev–Trinajstić information content (AvgIpc) is 1.81. The molecular formula is C12H27AlLi. The molecule has 0 rings (SSSR count). The molecule has 0 unspecified atom stereocenters. The van der Waals surface area contributed by atoms with E-state index in [0.717, 1.165) is 11.8 Å². The minimum Gasteiger partial charge on any atom is -0.219 e. The molecule has 79 valence electrons. The van der Waals surface area contributed by atoms with Gasteiger partial charge < -0.3 is 0 Å². The van der Waals surface area contributed by atoms with Crippen LogP contribution in [0, 0.1) is 11.8 Å². The average molecular weight is 205 g/mol. The first kappa shape index (κ1) is 17.5. The van der Waals surface area contributed by atoms with Crippen molar-refractivity contribution < 1.29 is 18.9 Å². The van der Waals surface area contributed by atoms with E-state index in [-0.39, 0.29) is 18.9 Å². The van der Waals surface area contributed by atoms with Crippen LogP contribution in [0.2, 0.25) is 14.8 Å². The zero-order valence-electron chi connectivity index (χ0n) is 11.6. The molecule has 1 radical (unpaired) electrons. The molecule has 0 heterocycles. The Balaban J connectivity index is 0. The normalized spacial score (nSPS) is 12.4. The molecule has 0 aromatic heterocycles. The van der Waals surface area contributed by atoms with Gasteiger partial charge in [0, 0.05) is 0 Å². The summed E-state index contributed by atoms with van der Waals surface area (Å²) < 4.78 is 0.620. The predicted octanol–water partition coefficient (Wildman–Crippen LogP) is 1.60. The molecule has 0 aliphatic heterocycles. The summed E-state index contributed by atoms with van der Waals surface area (Å²) >= 11 is -0.538. The van der Waals surface area contributed by atoms with Crippen LogP contribution in [0.25, 0.3) is 0 Å². The Morgan fingerprint density at radius 3 is 1.29 bits per heavy atom. The Morgan fingerprint density at radius 1 is 0.857 bits per heavy atom. The van der Waals surface area contributed by atoms with Crippen LogP contribution < -0.4 is 18.9 Å². The first-order valence-corrected chi connectivity index (χ1v) is 7.94. The van der Waals surface area contributed by atoms with E-state index in [0.29, 0.717) is 4.28 Å². The Labute approximate surface area is 108 Å². The summed E-state index contributed by atoms with van der Waals surface area (Å²) in [5.74, 6) is 1.80. The largest absolute Gasteiger partial charge is 1.00 e. The summed E-state index contributed by atoms with van der Waals surface area (Å²) in [7, 11) is 0. The van der Waals surface area contributed by atoms with Crippen molar-refractivity contribution in [1.82, 2.24) is 0 Å². The number of hydrogen-bond acceptors (Lipinski definition) is 0. The van der Waals surface area contributed by atoms with E-state index < -0.39 is 14.1 Å². The van der Waals surface area contributed by atoms with Gasteiger partial charge in [0.1, 0.15) is 0 Å². The summed E-state index contributed by atoms with van der Waals surface area (Å²) in [6, 6.07) is 0. The van der Waals surface area contributed by atoms with Crippen LogP contribution in [-0.4, -0.2) is 14.1 Å². The second kappa shape index (κ2) is 7.41. The van der Waals surface area contributed by atoms with Crippen molar-refractivity contribution in [2.45, 2.75) is 63.3 Å². The standard InChI is InChI=1S/3C4H9.Al.Li/c3*1-4(2)3;;/h1-3H3;2*4H,1H2,2-3H3;;/q;;;-1;+1. The fourth-order valence-electron chi connectivity index (χ4n) is 1.94. The van der Waals surface area contributed by atoms with Gasteiger partial charge in [-0.1, -0.05) is 60.3 Å². The van der Waals surface area contributed by atoms with Gasteiger partial charge in [-0.25, -0.2) is 14.8 Å². The van der Waals surface area contributed by atoms with Crippen molar-refractivity contribution in [2.75, 3.05) is 0 Å². The van der Waals surface area contributed by atoms with Gasteiger partial charge in [0.25, 0.3) is 0 Å². The van der Waals surface area contributed by atoms with Crippen LogP contribution in [0.5, 0.6) is 0 Å². The van der Waals surface area contributed by atoms with Crippen molar-refractivity contribution >= 4 is 14.1 Å². The summed E-state index contributed by atoms with van der Waals surface area (Å²) in [5.41, 5.74) is 0. The fraction of sp³-hybridized carbons (Fsp3) is 1.00. The zero-order valence-corrected chi connectivity index (χ0v) is 12.8. The van der Waals surface area contributed by atoms with Gasteiger partial charge in [-0.05, 0) is 14.1 Å². The van der Waals surface area contributed by atoms with Crippen LogP contribution >= 0.6 is 0 Å². The van der Waals surface area contributed by atoms with E-state index in [2.05, 4.69) is 48.5 Å². The predicted molar refractivity (Wildman–Crippen MR) is 64.8 cm³/mol. The van der Waals surface area contributed by atoms with Crippen molar-refractivity contribution in [1.29, 1.82) is 0 Å². The molecule has 0 saturated carbocycles. The Morgan fingerprint density at radius 2 is 1.14 bits per heavy atom. The van der Waals surface area contributed by atoms with E-state index in [1.54, 1.807) is 0 Å². The maximum Gasteiger partial charge on any atom is 1.00 e. The van der Waals surface area contributed by atoms with E-state index in [1.807, 2.05) is 0 Å². The van der Waals surface area contributed by atoms with Crippen LogP contribution in [0.3, 0.4) is 0 Å². The van der Waals surface area contributed by atoms with Crippen LogP contribution in [0.15, 0.2) is 0 Å². The van der Waals surface area contributed by atoms with Crippen molar-refractivity contribution in [3.8, 4) is 0 Å². The van der Waals surface area contributed by atoms with E-state index in [4.69, 9.17) is 0 Å². The zero-order chi connectivity index (χ0) is 10.6. The Bertz CT molecular complexity index is 126. The molecule has 0 bridgehead atoms. The SMILES string of the molecule is CC(C)[CH2][Al-]([CH2]C(C)C)[C](C)(C)C.[Li+]. The van der Waals surface area contributed by atoms with Crippen LogP contribution in [0.4, 0.5) is 0 Å². The molecule has 0 atom stereocenters. The summed E-state index contributed by atoms with van der Waals surface area (Å²) in [5, 5.41) is 3.03.